The van der Waals surface area contributed by atoms with Crippen LogP contribution in [-0.4, -0.2) is 16.2 Å². The SMILES string of the molecule is O=C(Nc1ccc(O)cc1O)N(S)c1cc(Cl)cc(Cl)c1. The van der Waals surface area contributed by atoms with E-state index in [2.05, 4.69) is 18.1 Å². The molecule has 0 saturated carbocycles. The molecule has 0 aromatic heterocycles. The van der Waals surface area contributed by atoms with Crippen molar-refractivity contribution in [3.05, 3.63) is 46.4 Å². The highest BCUT2D eigenvalue weighted by Gasteiger charge is 2.15. The number of amides is 2. The first-order chi connectivity index (χ1) is 9.86. The van der Waals surface area contributed by atoms with E-state index < -0.39 is 6.03 Å². The summed E-state index contributed by atoms with van der Waals surface area (Å²) < 4.78 is 0.990. The molecule has 2 amide bonds. The molecule has 0 aliphatic carbocycles. The monoisotopic (exact) mass is 344 g/mol. The largest absolute Gasteiger partial charge is 0.508 e. The van der Waals surface area contributed by atoms with Crippen molar-refractivity contribution in [2.24, 2.45) is 0 Å². The van der Waals surface area contributed by atoms with Crippen LogP contribution >= 0.6 is 36.0 Å². The molecule has 0 saturated heterocycles. The van der Waals surface area contributed by atoms with E-state index in [1.165, 1.54) is 30.3 Å². The van der Waals surface area contributed by atoms with E-state index in [0.717, 1.165) is 10.4 Å². The van der Waals surface area contributed by atoms with Crippen molar-refractivity contribution in [2.75, 3.05) is 9.62 Å². The van der Waals surface area contributed by atoms with Gasteiger partial charge in [-0.15, -0.1) is 0 Å². The zero-order valence-electron chi connectivity index (χ0n) is 10.4. The topological polar surface area (TPSA) is 72.8 Å². The third-order valence-electron chi connectivity index (χ3n) is 2.51. The van der Waals surface area contributed by atoms with E-state index in [-0.39, 0.29) is 17.2 Å². The van der Waals surface area contributed by atoms with Crippen molar-refractivity contribution < 1.29 is 15.0 Å². The zero-order chi connectivity index (χ0) is 15.6. The highest BCUT2D eigenvalue weighted by Crippen LogP contribution is 2.30. The summed E-state index contributed by atoms with van der Waals surface area (Å²) in [7, 11) is 0. The molecule has 0 aliphatic rings. The molecule has 21 heavy (non-hydrogen) atoms. The van der Waals surface area contributed by atoms with Gasteiger partial charge >= 0.3 is 6.03 Å². The summed E-state index contributed by atoms with van der Waals surface area (Å²) in [6, 6.07) is 7.71. The van der Waals surface area contributed by atoms with Gasteiger partial charge < -0.3 is 15.5 Å². The summed E-state index contributed by atoms with van der Waals surface area (Å²) in [5.41, 5.74) is 0.497. The number of phenols is 2. The van der Waals surface area contributed by atoms with Crippen molar-refractivity contribution in [1.82, 2.24) is 0 Å². The fourth-order valence-electron chi connectivity index (χ4n) is 1.57. The van der Waals surface area contributed by atoms with Gasteiger partial charge in [-0.25, -0.2) is 9.10 Å². The van der Waals surface area contributed by atoms with E-state index in [4.69, 9.17) is 23.2 Å². The number of urea groups is 1. The third-order valence-corrected chi connectivity index (χ3v) is 3.36. The maximum Gasteiger partial charge on any atom is 0.336 e. The lowest BCUT2D eigenvalue weighted by Gasteiger charge is -2.17. The molecular weight excluding hydrogens is 335 g/mol. The van der Waals surface area contributed by atoms with Crippen molar-refractivity contribution >= 4 is 53.4 Å². The molecular formula is C13H10Cl2N2O3S. The Morgan fingerprint density at radius 3 is 2.29 bits per heavy atom. The second kappa shape index (κ2) is 6.34. The standard InChI is InChI=1S/C13H10Cl2N2O3S/c14-7-3-8(15)5-9(4-7)17(21)13(20)16-11-2-1-10(18)6-12(11)19/h1-6,18-19,21H,(H,16,20). The number of carbonyl (C=O) groups is 1. The number of rotatable bonds is 2. The van der Waals surface area contributed by atoms with Gasteiger partial charge in [0.1, 0.15) is 11.5 Å². The number of nitrogens with zero attached hydrogens (tertiary/aromatic N) is 1. The van der Waals surface area contributed by atoms with Crippen LogP contribution in [0.25, 0.3) is 0 Å². The molecule has 8 heteroatoms. The molecule has 0 spiro atoms. The number of hydrogen-bond acceptors (Lipinski definition) is 4. The van der Waals surface area contributed by atoms with Gasteiger partial charge in [-0.2, -0.15) is 0 Å². The molecule has 2 aromatic carbocycles. The number of aromatic hydroxyl groups is 2. The van der Waals surface area contributed by atoms with Crippen LogP contribution in [0.3, 0.4) is 0 Å². The summed E-state index contributed by atoms with van der Waals surface area (Å²) in [4.78, 5) is 12.1. The quantitative estimate of drug-likeness (QED) is 0.373. The minimum absolute atomic E-state index is 0.116. The van der Waals surface area contributed by atoms with Crippen LogP contribution in [0, 0.1) is 0 Å². The van der Waals surface area contributed by atoms with Gasteiger partial charge in [-0.1, -0.05) is 36.0 Å². The normalized spacial score (nSPS) is 10.2. The molecule has 0 unspecified atom stereocenters. The van der Waals surface area contributed by atoms with Gasteiger partial charge in [0.25, 0.3) is 0 Å². The summed E-state index contributed by atoms with van der Waals surface area (Å²) in [5.74, 6) is -0.385. The lowest BCUT2D eigenvalue weighted by Crippen LogP contribution is -2.26. The third kappa shape index (κ3) is 3.87. The van der Waals surface area contributed by atoms with E-state index in [9.17, 15) is 15.0 Å². The molecule has 0 aliphatic heterocycles. The number of carbonyl (C=O) groups excluding carboxylic acids is 1. The van der Waals surface area contributed by atoms with Gasteiger partial charge in [0.2, 0.25) is 0 Å². The smallest absolute Gasteiger partial charge is 0.336 e. The molecule has 3 N–H and O–H groups in total. The first kappa shape index (κ1) is 15.6. The zero-order valence-corrected chi connectivity index (χ0v) is 12.8. The first-order valence-electron chi connectivity index (χ1n) is 5.65. The van der Waals surface area contributed by atoms with Gasteiger partial charge in [0.05, 0.1) is 11.4 Å². The summed E-state index contributed by atoms with van der Waals surface area (Å²) in [6.07, 6.45) is 0. The minimum Gasteiger partial charge on any atom is -0.508 e. The maximum absolute atomic E-state index is 12.1. The molecule has 110 valence electrons. The Kier molecular flexibility index (Phi) is 4.72. The molecule has 0 fully saturated rings. The minimum atomic E-state index is -0.627. The maximum atomic E-state index is 12.1. The molecule has 5 nitrogen and oxygen atoms in total. The number of anilines is 2. The van der Waals surface area contributed by atoms with Crippen LogP contribution in [0.2, 0.25) is 10.0 Å². The van der Waals surface area contributed by atoms with Crippen LogP contribution in [0.1, 0.15) is 0 Å². The molecule has 2 aromatic rings. The molecule has 0 radical (unpaired) electrons. The van der Waals surface area contributed by atoms with E-state index >= 15 is 0 Å². The van der Waals surface area contributed by atoms with Crippen LogP contribution in [0.15, 0.2) is 36.4 Å². The van der Waals surface area contributed by atoms with Crippen molar-refractivity contribution in [1.29, 1.82) is 0 Å². The number of nitrogens with one attached hydrogen (secondary N) is 1. The molecule has 0 heterocycles. The average Bonchev–Trinajstić information content (AvgIpc) is 2.40. The van der Waals surface area contributed by atoms with Crippen molar-refractivity contribution in [3.63, 3.8) is 0 Å². The number of halogens is 2. The molecule has 2 rings (SSSR count). The van der Waals surface area contributed by atoms with Gasteiger partial charge in [-0.05, 0) is 30.3 Å². The van der Waals surface area contributed by atoms with Crippen molar-refractivity contribution in [3.8, 4) is 11.5 Å². The van der Waals surface area contributed by atoms with Gasteiger partial charge in [-0.3, -0.25) is 0 Å². The Labute approximate surface area is 136 Å². The predicted molar refractivity (Wildman–Crippen MR) is 86.7 cm³/mol. The lowest BCUT2D eigenvalue weighted by molar-refractivity contribution is 0.260. The second-order valence-corrected chi connectivity index (χ2v) is 5.34. The summed E-state index contributed by atoms with van der Waals surface area (Å²) >= 11 is 15.8. The van der Waals surface area contributed by atoms with Gasteiger partial charge in [0, 0.05) is 16.1 Å². The Morgan fingerprint density at radius 1 is 1.10 bits per heavy atom. The molecule has 0 bridgehead atoms. The fourth-order valence-corrected chi connectivity index (χ4v) is 2.25. The Morgan fingerprint density at radius 2 is 1.71 bits per heavy atom. The van der Waals surface area contributed by atoms with E-state index in [0.29, 0.717) is 15.7 Å². The fraction of sp³-hybridized carbons (Fsp3) is 0. The Balaban J connectivity index is 2.19. The number of phenolic OH excluding ortho intramolecular Hbond substituents is 2. The highest BCUT2D eigenvalue weighted by atomic mass is 35.5. The van der Waals surface area contributed by atoms with Crippen LogP contribution < -0.4 is 9.62 Å². The summed E-state index contributed by atoms with van der Waals surface area (Å²) in [6.45, 7) is 0. The number of benzene rings is 2. The van der Waals surface area contributed by atoms with Gasteiger partial charge in [0.15, 0.2) is 0 Å². The predicted octanol–water partition coefficient (Wildman–Crippen LogP) is 4.29. The van der Waals surface area contributed by atoms with Crippen LogP contribution in [0.5, 0.6) is 11.5 Å². The number of thiol groups is 1. The first-order valence-corrected chi connectivity index (χ1v) is 6.80. The Hall–Kier alpha value is -1.76. The molecule has 0 atom stereocenters. The van der Waals surface area contributed by atoms with Crippen LogP contribution in [0.4, 0.5) is 16.2 Å². The number of hydrogen-bond donors (Lipinski definition) is 4. The second-order valence-electron chi connectivity index (χ2n) is 4.07. The average molecular weight is 345 g/mol. The highest BCUT2D eigenvalue weighted by molar-refractivity contribution is 7.82. The summed E-state index contributed by atoms with van der Waals surface area (Å²) in [5, 5.41) is 22.0. The van der Waals surface area contributed by atoms with Crippen molar-refractivity contribution in [2.45, 2.75) is 0 Å². The van der Waals surface area contributed by atoms with E-state index in [1.54, 1.807) is 0 Å². The lowest BCUT2D eigenvalue weighted by atomic mass is 10.3. The van der Waals surface area contributed by atoms with E-state index in [1.807, 2.05) is 0 Å². The van der Waals surface area contributed by atoms with Crippen LogP contribution in [-0.2, 0) is 0 Å². The Bertz CT molecular complexity index is 677.